The predicted octanol–water partition coefficient (Wildman–Crippen LogP) is 5.26. The Labute approximate surface area is 133 Å². The molecule has 0 spiro atoms. The fourth-order valence-electron chi connectivity index (χ4n) is 2.72. The Hall–Kier alpha value is -1.31. The first kappa shape index (κ1) is 16.1. The van der Waals surface area contributed by atoms with E-state index in [0.29, 0.717) is 18.0 Å². The van der Waals surface area contributed by atoms with Crippen LogP contribution in [-0.2, 0) is 6.42 Å². The van der Waals surface area contributed by atoms with Crippen molar-refractivity contribution in [3.63, 3.8) is 0 Å². The molecule has 0 heterocycles. The second-order valence-electron chi connectivity index (χ2n) is 6.03. The van der Waals surface area contributed by atoms with E-state index in [1.54, 1.807) is 0 Å². The van der Waals surface area contributed by atoms with Crippen LogP contribution in [0.4, 0.5) is 0 Å². The van der Waals surface area contributed by atoms with E-state index in [2.05, 4.69) is 62.5 Å². The van der Waals surface area contributed by atoms with Crippen molar-refractivity contribution < 1.29 is 0 Å². The summed E-state index contributed by atoms with van der Waals surface area (Å²) in [6, 6.07) is 19.6. The van der Waals surface area contributed by atoms with Crippen LogP contribution in [0.3, 0.4) is 0 Å². The van der Waals surface area contributed by atoms with Crippen LogP contribution >= 0.6 is 11.6 Å². The number of rotatable bonds is 6. The second kappa shape index (κ2) is 7.63. The van der Waals surface area contributed by atoms with Crippen molar-refractivity contribution in [3.05, 3.63) is 70.7 Å². The van der Waals surface area contributed by atoms with Gasteiger partial charge in [-0.25, -0.2) is 0 Å². The van der Waals surface area contributed by atoms with Crippen molar-refractivity contribution in [2.24, 2.45) is 5.92 Å². The predicted molar refractivity (Wildman–Crippen MR) is 91.8 cm³/mol. The minimum absolute atomic E-state index is 0.375. The highest BCUT2D eigenvalue weighted by molar-refractivity contribution is 6.30. The highest BCUT2D eigenvalue weighted by Gasteiger charge is 2.17. The Morgan fingerprint density at radius 1 is 0.952 bits per heavy atom. The van der Waals surface area contributed by atoms with Gasteiger partial charge in [0.2, 0.25) is 0 Å². The lowest BCUT2D eigenvalue weighted by Gasteiger charge is -2.27. The first-order valence-electron chi connectivity index (χ1n) is 7.61. The van der Waals surface area contributed by atoms with Gasteiger partial charge in [-0.3, -0.25) is 0 Å². The molecule has 2 atom stereocenters. The van der Waals surface area contributed by atoms with Gasteiger partial charge >= 0.3 is 0 Å². The molecule has 2 rings (SSSR count). The summed E-state index contributed by atoms with van der Waals surface area (Å²) < 4.78 is 0. The lowest BCUT2D eigenvalue weighted by molar-refractivity contribution is 0.368. The molecule has 0 aliphatic rings. The van der Waals surface area contributed by atoms with Crippen molar-refractivity contribution in [1.82, 2.24) is 5.32 Å². The molecule has 0 saturated carbocycles. The monoisotopic (exact) mass is 301 g/mol. The maximum atomic E-state index is 6.06. The summed E-state index contributed by atoms with van der Waals surface area (Å²) in [5, 5.41) is 4.57. The van der Waals surface area contributed by atoms with Crippen LogP contribution in [0.25, 0.3) is 0 Å². The molecule has 0 aliphatic heterocycles. The average molecular weight is 302 g/mol. The molecular weight excluding hydrogens is 278 g/mol. The quantitative estimate of drug-likeness (QED) is 0.767. The fourth-order valence-corrected chi connectivity index (χ4v) is 2.93. The van der Waals surface area contributed by atoms with E-state index in [1.807, 2.05) is 18.2 Å². The lowest BCUT2D eigenvalue weighted by Crippen LogP contribution is -2.34. The summed E-state index contributed by atoms with van der Waals surface area (Å²) in [6.45, 7) is 6.76. The molecule has 112 valence electrons. The Balaban J connectivity index is 2.03. The molecule has 0 radical (unpaired) electrons. The molecule has 2 aromatic carbocycles. The number of benzene rings is 2. The van der Waals surface area contributed by atoms with Gasteiger partial charge in [0.15, 0.2) is 0 Å². The Kier molecular flexibility index (Phi) is 5.84. The summed E-state index contributed by atoms with van der Waals surface area (Å²) in [4.78, 5) is 0. The van der Waals surface area contributed by atoms with Crippen LogP contribution in [-0.4, -0.2) is 6.04 Å². The van der Waals surface area contributed by atoms with E-state index < -0.39 is 0 Å². The Bertz CT molecular complexity index is 551. The van der Waals surface area contributed by atoms with E-state index in [-0.39, 0.29) is 0 Å². The minimum Gasteiger partial charge on any atom is -0.307 e. The molecule has 2 heteroatoms. The summed E-state index contributed by atoms with van der Waals surface area (Å²) in [5.74, 6) is 0.550. The van der Waals surface area contributed by atoms with Gasteiger partial charge in [-0.05, 0) is 42.5 Å². The van der Waals surface area contributed by atoms with Crippen LogP contribution in [0.1, 0.15) is 37.9 Å². The van der Waals surface area contributed by atoms with E-state index in [4.69, 9.17) is 11.6 Å². The van der Waals surface area contributed by atoms with Gasteiger partial charge < -0.3 is 5.32 Å². The third-order valence-electron chi connectivity index (χ3n) is 3.72. The largest absolute Gasteiger partial charge is 0.307 e. The van der Waals surface area contributed by atoms with E-state index in [0.717, 1.165) is 11.4 Å². The van der Waals surface area contributed by atoms with Gasteiger partial charge in [0.1, 0.15) is 0 Å². The number of hydrogen-bond acceptors (Lipinski definition) is 1. The Morgan fingerprint density at radius 2 is 1.67 bits per heavy atom. The summed E-state index contributed by atoms with van der Waals surface area (Å²) >= 11 is 6.06. The number of nitrogens with one attached hydrogen (secondary N) is 1. The van der Waals surface area contributed by atoms with Gasteiger partial charge in [0.05, 0.1) is 0 Å². The molecular formula is C19H24ClN. The highest BCUT2D eigenvalue weighted by Crippen LogP contribution is 2.22. The van der Waals surface area contributed by atoms with Crippen molar-refractivity contribution in [2.75, 3.05) is 0 Å². The third-order valence-corrected chi connectivity index (χ3v) is 3.96. The molecule has 0 bridgehead atoms. The summed E-state index contributed by atoms with van der Waals surface area (Å²) in [7, 11) is 0. The third kappa shape index (κ3) is 4.87. The molecule has 0 amide bonds. The van der Waals surface area contributed by atoms with Crippen molar-refractivity contribution in [2.45, 2.75) is 39.3 Å². The van der Waals surface area contributed by atoms with Crippen molar-refractivity contribution >= 4 is 11.6 Å². The van der Waals surface area contributed by atoms with E-state index >= 15 is 0 Å². The van der Waals surface area contributed by atoms with Crippen LogP contribution in [0.15, 0.2) is 54.6 Å². The molecule has 0 saturated heterocycles. The smallest absolute Gasteiger partial charge is 0.0408 e. The molecule has 21 heavy (non-hydrogen) atoms. The van der Waals surface area contributed by atoms with Crippen LogP contribution in [0.5, 0.6) is 0 Å². The number of hydrogen-bond donors (Lipinski definition) is 1. The van der Waals surface area contributed by atoms with Crippen molar-refractivity contribution in [3.8, 4) is 0 Å². The van der Waals surface area contributed by atoms with Gasteiger partial charge in [0, 0.05) is 17.1 Å². The first-order chi connectivity index (χ1) is 10.1. The fraction of sp³-hybridized carbons (Fsp3) is 0.368. The van der Waals surface area contributed by atoms with Gasteiger partial charge in [-0.15, -0.1) is 0 Å². The zero-order chi connectivity index (χ0) is 15.2. The molecule has 2 aromatic rings. The number of halogens is 1. The van der Waals surface area contributed by atoms with Gasteiger partial charge in [-0.1, -0.05) is 67.9 Å². The SMILES string of the molecule is CC(Cc1cccc(Cl)c1)NC(c1ccccc1)C(C)C. The van der Waals surface area contributed by atoms with E-state index in [1.165, 1.54) is 11.1 Å². The van der Waals surface area contributed by atoms with E-state index in [9.17, 15) is 0 Å². The maximum absolute atomic E-state index is 6.06. The summed E-state index contributed by atoms with van der Waals surface area (Å²) in [6.07, 6.45) is 0.983. The topological polar surface area (TPSA) is 12.0 Å². The van der Waals surface area contributed by atoms with Crippen LogP contribution in [0, 0.1) is 5.92 Å². The standard InChI is InChI=1S/C19H24ClN/c1-14(2)19(17-9-5-4-6-10-17)21-15(3)12-16-8-7-11-18(20)13-16/h4-11,13-15,19,21H,12H2,1-3H3. The molecule has 1 N–H and O–H groups in total. The first-order valence-corrected chi connectivity index (χ1v) is 7.99. The average Bonchev–Trinajstić information content (AvgIpc) is 2.45. The lowest BCUT2D eigenvalue weighted by atomic mass is 9.94. The second-order valence-corrected chi connectivity index (χ2v) is 6.47. The zero-order valence-corrected chi connectivity index (χ0v) is 13.8. The normalized spacial score (nSPS) is 14.1. The molecule has 2 unspecified atom stereocenters. The van der Waals surface area contributed by atoms with Gasteiger partial charge in [-0.2, -0.15) is 0 Å². The minimum atomic E-state index is 0.375. The zero-order valence-electron chi connectivity index (χ0n) is 13.0. The summed E-state index contributed by atoms with van der Waals surface area (Å²) in [5.41, 5.74) is 2.63. The highest BCUT2D eigenvalue weighted by atomic mass is 35.5. The van der Waals surface area contributed by atoms with Crippen LogP contribution < -0.4 is 5.32 Å². The molecule has 0 aromatic heterocycles. The van der Waals surface area contributed by atoms with Crippen molar-refractivity contribution in [1.29, 1.82) is 0 Å². The molecule has 0 fully saturated rings. The maximum Gasteiger partial charge on any atom is 0.0408 e. The molecule has 0 aliphatic carbocycles. The molecule has 1 nitrogen and oxygen atoms in total. The van der Waals surface area contributed by atoms with Gasteiger partial charge in [0.25, 0.3) is 0 Å². The Morgan fingerprint density at radius 3 is 2.29 bits per heavy atom. The van der Waals surface area contributed by atoms with Crippen LogP contribution in [0.2, 0.25) is 5.02 Å².